The lowest BCUT2D eigenvalue weighted by molar-refractivity contribution is -0.144. The summed E-state index contributed by atoms with van der Waals surface area (Å²) in [4.78, 5) is 36.2. The zero-order chi connectivity index (χ0) is 14.4. The quantitative estimate of drug-likeness (QED) is 0.674. The van der Waals surface area contributed by atoms with Crippen molar-refractivity contribution < 1.29 is 24.2 Å². The van der Waals surface area contributed by atoms with Gasteiger partial charge in [0.15, 0.2) is 0 Å². The molecule has 0 aliphatic carbocycles. The van der Waals surface area contributed by atoms with Gasteiger partial charge in [0.2, 0.25) is 5.91 Å². The first-order chi connectivity index (χ1) is 8.93. The van der Waals surface area contributed by atoms with Crippen LogP contribution in [0.2, 0.25) is 0 Å². The molecule has 1 aromatic heterocycles. The predicted octanol–water partition coefficient (Wildman–Crippen LogP) is 1.30. The summed E-state index contributed by atoms with van der Waals surface area (Å²) in [7, 11) is 0. The lowest BCUT2D eigenvalue weighted by atomic mass is 10.2. The van der Waals surface area contributed by atoms with Crippen LogP contribution in [0.5, 0.6) is 0 Å². The van der Waals surface area contributed by atoms with E-state index in [0.29, 0.717) is 5.69 Å². The molecular weight excluding hydrogens is 252 g/mol. The van der Waals surface area contributed by atoms with Crippen LogP contribution in [0.25, 0.3) is 0 Å². The van der Waals surface area contributed by atoms with Crippen LogP contribution >= 0.6 is 0 Å². The Labute approximate surface area is 110 Å². The molecule has 0 aromatic carbocycles. The molecule has 0 aliphatic rings. The predicted molar refractivity (Wildman–Crippen MR) is 67.0 cm³/mol. The van der Waals surface area contributed by atoms with Crippen LogP contribution in [0.3, 0.4) is 0 Å². The minimum atomic E-state index is -1.16. The van der Waals surface area contributed by atoms with Gasteiger partial charge in [0.05, 0.1) is 18.7 Å². The summed E-state index contributed by atoms with van der Waals surface area (Å²) in [5, 5.41) is 11.4. The number of aromatic nitrogens is 1. The molecule has 0 bridgehead atoms. The number of amides is 1. The largest absolute Gasteiger partial charge is 0.477 e. The standard InChI is InChI=1S/C12H16N2O5/c1-3-19-10(16)5-4-9(15)14-8-6-7(2)13-11(8)12(17)18/h6,13H,3-5H2,1-2H3,(H,14,15)(H,17,18). The Balaban J connectivity index is 2.57. The number of esters is 1. The number of hydrogen-bond donors (Lipinski definition) is 3. The van der Waals surface area contributed by atoms with Crippen molar-refractivity contribution in [2.45, 2.75) is 26.7 Å². The van der Waals surface area contributed by atoms with Crippen LogP contribution in [-0.2, 0) is 14.3 Å². The Morgan fingerprint density at radius 3 is 2.63 bits per heavy atom. The number of carboxylic acids is 1. The lowest BCUT2D eigenvalue weighted by Crippen LogP contribution is -2.16. The van der Waals surface area contributed by atoms with Gasteiger partial charge >= 0.3 is 11.9 Å². The first kappa shape index (κ1) is 14.7. The first-order valence-electron chi connectivity index (χ1n) is 5.82. The fourth-order valence-electron chi connectivity index (χ4n) is 1.52. The number of carbonyl (C=O) groups excluding carboxylic acids is 2. The van der Waals surface area contributed by atoms with Gasteiger partial charge in [-0.15, -0.1) is 0 Å². The van der Waals surface area contributed by atoms with E-state index in [2.05, 4.69) is 15.0 Å². The summed E-state index contributed by atoms with van der Waals surface area (Å²) in [6.45, 7) is 3.63. The SMILES string of the molecule is CCOC(=O)CCC(=O)Nc1cc(C)[nH]c1C(=O)O. The van der Waals surface area contributed by atoms with Crippen molar-refractivity contribution >= 4 is 23.5 Å². The van der Waals surface area contributed by atoms with Gasteiger partial charge in [-0.2, -0.15) is 0 Å². The van der Waals surface area contributed by atoms with Crippen LogP contribution in [0.4, 0.5) is 5.69 Å². The molecule has 0 saturated carbocycles. The minimum Gasteiger partial charge on any atom is -0.477 e. The number of carboxylic acid groups (broad SMARTS) is 1. The zero-order valence-corrected chi connectivity index (χ0v) is 10.8. The molecule has 7 heteroatoms. The zero-order valence-electron chi connectivity index (χ0n) is 10.8. The molecule has 104 valence electrons. The molecule has 7 nitrogen and oxygen atoms in total. The monoisotopic (exact) mass is 268 g/mol. The van der Waals surface area contributed by atoms with Gasteiger partial charge in [0.1, 0.15) is 5.69 Å². The molecule has 0 saturated heterocycles. The normalized spacial score (nSPS) is 10.0. The van der Waals surface area contributed by atoms with Gasteiger partial charge in [-0.05, 0) is 19.9 Å². The van der Waals surface area contributed by atoms with Gasteiger partial charge in [0, 0.05) is 12.1 Å². The molecule has 0 fully saturated rings. The maximum Gasteiger partial charge on any atom is 0.354 e. The van der Waals surface area contributed by atoms with E-state index < -0.39 is 17.8 Å². The van der Waals surface area contributed by atoms with Crippen molar-refractivity contribution in [1.82, 2.24) is 4.98 Å². The number of ether oxygens (including phenoxy) is 1. The van der Waals surface area contributed by atoms with Crippen molar-refractivity contribution in [3.8, 4) is 0 Å². The number of carbonyl (C=O) groups is 3. The Kier molecular flexibility index (Phi) is 5.11. The Bertz CT molecular complexity index is 492. The Morgan fingerprint density at radius 2 is 2.05 bits per heavy atom. The van der Waals surface area contributed by atoms with E-state index in [1.54, 1.807) is 13.8 Å². The van der Waals surface area contributed by atoms with Crippen LogP contribution in [0.1, 0.15) is 35.9 Å². The van der Waals surface area contributed by atoms with Gasteiger partial charge in [-0.1, -0.05) is 0 Å². The number of nitrogens with one attached hydrogen (secondary N) is 2. The third-order valence-electron chi connectivity index (χ3n) is 2.30. The second-order valence-electron chi connectivity index (χ2n) is 3.90. The molecule has 0 unspecified atom stereocenters. The maximum absolute atomic E-state index is 11.6. The summed E-state index contributed by atoms with van der Waals surface area (Å²) in [5.41, 5.74) is 0.735. The molecule has 0 aliphatic heterocycles. The number of aromatic amines is 1. The number of aromatic carboxylic acids is 1. The van der Waals surface area contributed by atoms with Crippen molar-refractivity contribution in [1.29, 1.82) is 0 Å². The highest BCUT2D eigenvalue weighted by atomic mass is 16.5. The summed E-state index contributed by atoms with van der Waals surface area (Å²) in [5.74, 6) is -2.05. The number of anilines is 1. The van der Waals surface area contributed by atoms with Gasteiger partial charge in [0.25, 0.3) is 0 Å². The highest BCUT2D eigenvalue weighted by Gasteiger charge is 2.16. The number of rotatable bonds is 6. The summed E-state index contributed by atoms with van der Waals surface area (Å²) < 4.78 is 4.69. The fourth-order valence-corrected chi connectivity index (χ4v) is 1.52. The van der Waals surface area contributed by atoms with E-state index in [-0.39, 0.29) is 30.8 Å². The molecule has 1 rings (SSSR count). The Hall–Kier alpha value is -2.31. The molecule has 0 atom stereocenters. The maximum atomic E-state index is 11.6. The molecule has 19 heavy (non-hydrogen) atoms. The number of hydrogen-bond acceptors (Lipinski definition) is 4. The molecule has 1 amide bonds. The van der Waals surface area contributed by atoms with E-state index >= 15 is 0 Å². The summed E-state index contributed by atoms with van der Waals surface area (Å²) >= 11 is 0. The van der Waals surface area contributed by atoms with Crippen LogP contribution in [0.15, 0.2) is 6.07 Å². The van der Waals surface area contributed by atoms with Crippen molar-refractivity contribution in [3.63, 3.8) is 0 Å². The van der Waals surface area contributed by atoms with Gasteiger partial charge in [-0.25, -0.2) is 4.79 Å². The molecule has 0 spiro atoms. The third kappa shape index (κ3) is 4.46. The highest BCUT2D eigenvalue weighted by Crippen LogP contribution is 2.17. The van der Waals surface area contributed by atoms with Crippen molar-refractivity contribution in [2.24, 2.45) is 0 Å². The van der Waals surface area contributed by atoms with E-state index in [0.717, 1.165) is 0 Å². The van der Waals surface area contributed by atoms with Crippen molar-refractivity contribution in [3.05, 3.63) is 17.5 Å². The van der Waals surface area contributed by atoms with E-state index in [1.165, 1.54) is 6.07 Å². The summed E-state index contributed by atoms with van der Waals surface area (Å²) in [6, 6.07) is 1.52. The van der Waals surface area contributed by atoms with Crippen LogP contribution in [-0.4, -0.2) is 34.5 Å². The van der Waals surface area contributed by atoms with Gasteiger partial charge < -0.3 is 20.1 Å². The summed E-state index contributed by atoms with van der Waals surface area (Å²) in [6.07, 6.45) is -0.0897. The van der Waals surface area contributed by atoms with Crippen molar-refractivity contribution in [2.75, 3.05) is 11.9 Å². The lowest BCUT2D eigenvalue weighted by Gasteiger charge is -2.04. The van der Waals surface area contributed by atoms with E-state index in [1.807, 2.05) is 0 Å². The first-order valence-corrected chi connectivity index (χ1v) is 5.82. The van der Waals surface area contributed by atoms with Crippen LogP contribution < -0.4 is 5.32 Å². The fraction of sp³-hybridized carbons (Fsp3) is 0.417. The number of H-pyrrole nitrogens is 1. The molecule has 0 radical (unpaired) electrons. The molecular formula is C12H16N2O5. The minimum absolute atomic E-state index is 0.0362. The second kappa shape index (κ2) is 6.58. The van der Waals surface area contributed by atoms with E-state index in [9.17, 15) is 14.4 Å². The smallest absolute Gasteiger partial charge is 0.354 e. The topological polar surface area (TPSA) is 108 Å². The highest BCUT2D eigenvalue weighted by molar-refractivity contribution is 6.00. The van der Waals surface area contributed by atoms with E-state index in [4.69, 9.17) is 5.11 Å². The third-order valence-corrected chi connectivity index (χ3v) is 2.30. The average molecular weight is 268 g/mol. The Morgan fingerprint density at radius 1 is 1.37 bits per heavy atom. The average Bonchev–Trinajstić information content (AvgIpc) is 2.68. The second-order valence-corrected chi connectivity index (χ2v) is 3.90. The number of aryl methyl sites for hydroxylation is 1. The molecule has 1 heterocycles. The van der Waals surface area contributed by atoms with Crippen LogP contribution in [0, 0.1) is 6.92 Å². The molecule has 3 N–H and O–H groups in total. The molecule has 1 aromatic rings. The van der Waals surface area contributed by atoms with Gasteiger partial charge in [-0.3, -0.25) is 9.59 Å².